The van der Waals surface area contributed by atoms with Crippen LogP contribution in [0.2, 0.25) is 0 Å². The van der Waals surface area contributed by atoms with Gasteiger partial charge in [0.05, 0.1) is 0 Å². The van der Waals surface area contributed by atoms with Crippen LogP contribution in [-0.2, 0) is 9.53 Å². The highest BCUT2D eigenvalue weighted by molar-refractivity contribution is 5.87. The van der Waals surface area contributed by atoms with E-state index in [4.69, 9.17) is 4.74 Å². The van der Waals surface area contributed by atoms with Crippen molar-refractivity contribution in [2.45, 2.75) is 136 Å². The molecule has 26 heavy (non-hydrogen) atoms. The normalized spacial score (nSPS) is 12.1. The van der Waals surface area contributed by atoms with E-state index in [0.717, 1.165) is 19.3 Å². The molecule has 0 N–H and O–H groups in total. The summed E-state index contributed by atoms with van der Waals surface area (Å²) >= 11 is 0. The van der Waals surface area contributed by atoms with Gasteiger partial charge < -0.3 is 4.74 Å². The summed E-state index contributed by atoms with van der Waals surface area (Å²) in [6, 6.07) is 0. The van der Waals surface area contributed by atoms with Gasteiger partial charge in [-0.25, -0.2) is 4.79 Å². The molecule has 1 unspecified atom stereocenters. The van der Waals surface area contributed by atoms with Crippen LogP contribution in [0.25, 0.3) is 0 Å². The highest BCUT2D eigenvalue weighted by atomic mass is 16.5. The monoisotopic (exact) mass is 366 g/mol. The van der Waals surface area contributed by atoms with E-state index in [1.54, 1.807) is 6.92 Å². The van der Waals surface area contributed by atoms with E-state index in [9.17, 15) is 4.79 Å². The van der Waals surface area contributed by atoms with E-state index in [1.807, 2.05) is 0 Å². The first kappa shape index (κ1) is 25.2. The van der Waals surface area contributed by atoms with Crippen molar-refractivity contribution in [3.05, 3.63) is 12.2 Å². The number of carbonyl (C=O) groups is 1. The first-order valence-electron chi connectivity index (χ1n) is 11.5. The predicted octanol–water partition coefficient (Wildman–Crippen LogP) is 8.15. The number of hydrogen-bond acceptors (Lipinski definition) is 2. The Hall–Kier alpha value is -0.790. The van der Waals surface area contributed by atoms with E-state index in [2.05, 4.69) is 20.4 Å². The fourth-order valence-electron chi connectivity index (χ4n) is 3.40. The van der Waals surface area contributed by atoms with Crippen LogP contribution < -0.4 is 0 Å². The van der Waals surface area contributed by atoms with Crippen molar-refractivity contribution in [2.75, 3.05) is 0 Å². The summed E-state index contributed by atoms with van der Waals surface area (Å²) < 4.78 is 5.53. The Morgan fingerprint density at radius 1 is 0.692 bits per heavy atom. The Morgan fingerprint density at radius 3 is 1.50 bits per heavy atom. The molecule has 154 valence electrons. The van der Waals surface area contributed by atoms with Gasteiger partial charge in [0.25, 0.3) is 0 Å². The maximum Gasteiger partial charge on any atom is 0.333 e. The lowest BCUT2D eigenvalue weighted by Crippen LogP contribution is -2.18. The molecule has 1 atom stereocenters. The molecule has 0 rings (SSSR count). The van der Waals surface area contributed by atoms with Crippen LogP contribution in [-0.4, -0.2) is 12.1 Å². The Balaban J connectivity index is 3.42. The van der Waals surface area contributed by atoms with Gasteiger partial charge in [-0.1, -0.05) is 110 Å². The van der Waals surface area contributed by atoms with Crippen LogP contribution in [0.15, 0.2) is 12.2 Å². The number of rotatable bonds is 19. The molecule has 0 aromatic heterocycles. The largest absolute Gasteiger partial charge is 0.459 e. The second-order valence-electron chi connectivity index (χ2n) is 7.98. The van der Waals surface area contributed by atoms with E-state index >= 15 is 0 Å². The smallest absolute Gasteiger partial charge is 0.333 e. The lowest BCUT2D eigenvalue weighted by atomic mass is 10.0. The van der Waals surface area contributed by atoms with E-state index in [0.29, 0.717) is 5.57 Å². The van der Waals surface area contributed by atoms with Gasteiger partial charge in [0, 0.05) is 5.57 Å². The summed E-state index contributed by atoms with van der Waals surface area (Å²) in [4.78, 5) is 11.7. The van der Waals surface area contributed by atoms with Crippen molar-refractivity contribution in [2.24, 2.45) is 0 Å². The highest BCUT2D eigenvalue weighted by Gasteiger charge is 2.13. The molecule has 2 nitrogen and oxygen atoms in total. The molecule has 0 saturated heterocycles. The standard InChI is InChI=1S/C24H46O2/c1-5-7-8-9-10-11-12-13-14-15-16-17-18-19-21-23(20-6-2)26-24(25)22(3)4/h23H,3,5-21H2,1-2,4H3. The second-order valence-corrected chi connectivity index (χ2v) is 7.98. The van der Waals surface area contributed by atoms with Gasteiger partial charge in [-0.05, 0) is 26.2 Å². The van der Waals surface area contributed by atoms with Crippen LogP contribution >= 0.6 is 0 Å². The number of ether oxygens (including phenoxy) is 1. The van der Waals surface area contributed by atoms with Crippen LogP contribution in [0.3, 0.4) is 0 Å². The Bertz CT molecular complexity index is 335. The molecule has 0 spiro atoms. The van der Waals surface area contributed by atoms with Crippen molar-refractivity contribution < 1.29 is 9.53 Å². The minimum atomic E-state index is -0.228. The second kappa shape index (κ2) is 19.0. The van der Waals surface area contributed by atoms with E-state index in [1.165, 1.54) is 89.9 Å². The predicted molar refractivity (Wildman–Crippen MR) is 115 cm³/mol. The quantitative estimate of drug-likeness (QED) is 0.131. The third kappa shape index (κ3) is 16.7. The van der Waals surface area contributed by atoms with Crippen molar-refractivity contribution in [1.29, 1.82) is 0 Å². The van der Waals surface area contributed by atoms with Crippen LogP contribution in [0.1, 0.15) is 130 Å². The summed E-state index contributed by atoms with van der Waals surface area (Å²) in [6.45, 7) is 9.81. The van der Waals surface area contributed by atoms with Crippen molar-refractivity contribution >= 4 is 5.97 Å². The zero-order valence-corrected chi connectivity index (χ0v) is 18.1. The molecule has 0 aromatic rings. The Labute approximate surface area is 164 Å². The molecule has 0 fully saturated rings. The van der Waals surface area contributed by atoms with Gasteiger partial charge in [-0.3, -0.25) is 0 Å². The maximum atomic E-state index is 11.7. The lowest BCUT2D eigenvalue weighted by Gasteiger charge is -2.17. The molecular weight excluding hydrogens is 320 g/mol. The zero-order valence-electron chi connectivity index (χ0n) is 18.1. The SMILES string of the molecule is C=C(C)C(=O)OC(CCC)CCCCCCCCCCCCCCCC. The fourth-order valence-corrected chi connectivity index (χ4v) is 3.40. The van der Waals surface area contributed by atoms with Gasteiger partial charge in [-0.2, -0.15) is 0 Å². The number of esters is 1. The summed E-state index contributed by atoms with van der Waals surface area (Å²) in [6.07, 6.45) is 22.4. The van der Waals surface area contributed by atoms with Crippen molar-refractivity contribution in [3.8, 4) is 0 Å². The minimum Gasteiger partial charge on any atom is -0.459 e. The molecule has 0 aliphatic carbocycles. The van der Waals surface area contributed by atoms with Gasteiger partial charge in [0.15, 0.2) is 0 Å². The summed E-state index contributed by atoms with van der Waals surface area (Å²) in [5.41, 5.74) is 0.507. The molecule has 0 heterocycles. The summed E-state index contributed by atoms with van der Waals surface area (Å²) in [5, 5.41) is 0. The van der Waals surface area contributed by atoms with Crippen LogP contribution in [0, 0.1) is 0 Å². The highest BCUT2D eigenvalue weighted by Crippen LogP contribution is 2.16. The molecule has 0 aromatic carbocycles. The van der Waals surface area contributed by atoms with Crippen molar-refractivity contribution in [3.63, 3.8) is 0 Å². The van der Waals surface area contributed by atoms with Crippen LogP contribution in [0.5, 0.6) is 0 Å². The molecule has 0 saturated carbocycles. The lowest BCUT2D eigenvalue weighted by molar-refractivity contribution is -0.144. The maximum absolute atomic E-state index is 11.7. The van der Waals surface area contributed by atoms with Crippen LogP contribution in [0.4, 0.5) is 0 Å². The Morgan fingerprint density at radius 2 is 1.12 bits per heavy atom. The topological polar surface area (TPSA) is 26.3 Å². The first-order valence-corrected chi connectivity index (χ1v) is 11.5. The summed E-state index contributed by atoms with van der Waals surface area (Å²) in [5.74, 6) is -0.228. The third-order valence-corrected chi connectivity index (χ3v) is 5.11. The first-order chi connectivity index (χ1) is 12.6. The van der Waals surface area contributed by atoms with Gasteiger partial charge in [0.1, 0.15) is 6.10 Å². The van der Waals surface area contributed by atoms with Gasteiger partial charge in [-0.15, -0.1) is 0 Å². The molecule has 0 bridgehead atoms. The fraction of sp³-hybridized carbons (Fsp3) is 0.875. The molecule has 0 aliphatic heterocycles. The van der Waals surface area contributed by atoms with Gasteiger partial charge >= 0.3 is 5.97 Å². The number of hydrogen-bond donors (Lipinski definition) is 0. The summed E-state index contributed by atoms with van der Waals surface area (Å²) in [7, 11) is 0. The third-order valence-electron chi connectivity index (χ3n) is 5.11. The minimum absolute atomic E-state index is 0.0847. The van der Waals surface area contributed by atoms with E-state index in [-0.39, 0.29) is 12.1 Å². The zero-order chi connectivity index (χ0) is 19.5. The Kier molecular flexibility index (Phi) is 18.4. The molecule has 2 heteroatoms. The van der Waals surface area contributed by atoms with Gasteiger partial charge in [0.2, 0.25) is 0 Å². The molecule has 0 amide bonds. The number of carbonyl (C=O) groups excluding carboxylic acids is 1. The number of unbranched alkanes of at least 4 members (excludes halogenated alkanes) is 13. The van der Waals surface area contributed by atoms with Crippen molar-refractivity contribution in [1.82, 2.24) is 0 Å². The average molecular weight is 367 g/mol. The average Bonchev–Trinajstić information content (AvgIpc) is 2.61. The molecule has 0 aliphatic rings. The molecular formula is C24H46O2. The molecule has 0 radical (unpaired) electrons. The van der Waals surface area contributed by atoms with E-state index < -0.39 is 0 Å².